The Morgan fingerprint density at radius 2 is 2.04 bits per heavy atom. The molecule has 1 aromatic carbocycles. The normalized spacial score (nSPS) is 18.4. The minimum atomic E-state index is -1.51. The molecule has 0 saturated heterocycles. The van der Waals surface area contributed by atoms with Gasteiger partial charge in [-0.15, -0.1) is 0 Å². The molecular weight excluding hydrogens is 383 g/mol. The highest BCUT2D eigenvalue weighted by molar-refractivity contribution is 7.83. The highest BCUT2D eigenvalue weighted by Gasteiger charge is 2.20. The van der Waals surface area contributed by atoms with Gasteiger partial charge in [-0.25, -0.2) is 22.8 Å². The predicted octanol–water partition coefficient (Wildman–Crippen LogP) is 1.20. The molecule has 0 fully saturated rings. The molecule has 0 saturated carbocycles. The fourth-order valence-electron chi connectivity index (χ4n) is 3.11. The van der Waals surface area contributed by atoms with E-state index in [0.29, 0.717) is 47.1 Å². The number of fused-ring (bicyclic) bond motifs is 2. The standard InChI is InChI=1S/C18H19FN6O2S/c1-23-8-6-21-28(27)15-10-20-25-7-5-16(22-17(15)25)24(2)11-12-9-13(19)3-4-14(12)18(23)26/h3-5,7,9-10,21H,6,8,11H2,1-2H3. The number of carbonyl (C=O) groups excluding carboxylic acids is 1. The van der Waals surface area contributed by atoms with Crippen LogP contribution in [0.3, 0.4) is 0 Å². The SMILES string of the molecule is CN1CCNS(=O)c2cnn3ccc(nc23)N(C)Cc2cc(F)ccc2C1=O. The van der Waals surface area contributed by atoms with Gasteiger partial charge < -0.3 is 9.80 Å². The van der Waals surface area contributed by atoms with E-state index in [9.17, 15) is 13.4 Å². The molecule has 1 N–H and O–H groups in total. The lowest BCUT2D eigenvalue weighted by molar-refractivity contribution is 0.0796. The molecule has 1 unspecified atom stereocenters. The summed E-state index contributed by atoms with van der Waals surface area (Å²) in [5.74, 6) is -0.0238. The fraction of sp³-hybridized carbons (Fsp3) is 0.278. The Balaban J connectivity index is 1.83. The van der Waals surface area contributed by atoms with Gasteiger partial charge in [0.1, 0.15) is 27.5 Å². The van der Waals surface area contributed by atoms with Crippen LogP contribution in [0.1, 0.15) is 15.9 Å². The minimum Gasteiger partial charge on any atom is -0.355 e. The number of hydrogen-bond acceptors (Lipinski definition) is 5. The van der Waals surface area contributed by atoms with E-state index in [1.54, 1.807) is 30.9 Å². The Kier molecular flexibility index (Phi) is 4.82. The summed E-state index contributed by atoms with van der Waals surface area (Å²) in [4.78, 5) is 21.2. The molecule has 10 heteroatoms. The molecule has 2 aromatic heterocycles. The van der Waals surface area contributed by atoms with Crippen LogP contribution in [0, 0.1) is 5.82 Å². The van der Waals surface area contributed by atoms with Crippen molar-refractivity contribution in [3.63, 3.8) is 0 Å². The van der Waals surface area contributed by atoms with E-state index >= 15 is 0 Å². The summed E-state index contributed by atoms with van der Waals surface area (Å²) in [6.45, 7) is 0.956. The molecule has 146 valence electrons. The maximum Gasteiger partial charge on any atom is 0.253 e. The summed E-state index contributed by atoms with van der Waals surface area (Å²) < 4.78 is 30.9. The molecule has 1 aliphatic heterocycles. The average Bonchev–Trinajstić information content (AvgIpc) is 3.10. The summed E-state index contributed by atoms with van der Waals surface area (Å²) in [5, 5.41) is 4.19. The molecule has 3 aromatic rings. The Labute approximate surface area is 163 Å². The minimum absolute atomic E-state index is 0.220. The van der Waals surface area contributed by atoms with Crippen molar-refractivity contribution in [2.45, 2.75) is 11.4 Å². The molecule has 8 nitrogen and oxygen atoms in total. The van der Waals surface area contributed by atoms with Gasteiger partial charge >= 0.3 is 0 Å². The van der Waals surface area contributed by atoms with Gasteiger partial charge in [-0.2, -0.15) is 5.10 Å². The Hall–Kier alpha value is -2.85. The second-order valence-corrected chi connectivity index (χ2v) is 7.88. The lowest BCUT2D eigenvalue weighted by Crippen LogP contribution is -2.35. The van der Waals surface area contributed by atoms with E-state index in [2.05, 4.69) is 14.8 Å². The lowest BCUT2D eigenvalue weighted by Gasteiger charge is -2.23. The van der Waals surface area contributed by atoms with E-state index in [1.165, 1.54) is 29.3 Å². The molecule has 1 atom stereocenters. The third-order valence-corrected chi connectivity index (χ3v) is 5.80. The summed E-state index contributed by atoms with van der Waals surface area (Å²) >= 11 is 0. The number of likely N-dealkylation sites (N-methyl/N-ethyl adjacent to an activating group) is 1. The number of carbonyl (C=O) groups is 1. The van der Waals surface area contributed by atoms with Crippen molar-refractivity contribution in [3.05, 3.63) is 53.6 Å². The van der Waals surface area contributed by atoms with Gasteiger partial charge in [0, 0.05) is 45.5 Å². The molecule has 0 aliphatic carbocycles. The smallest absolute Gasteiger partial charge is 0.253 e. The van der Waals surface area contributed by atoms with Crippen LogP contribution in [0.4, 0.5) is 10.2 Å². The monoisotopic (exact) mass is 402 g/mol. The number of benzene rings is 1. The van der Waals surface area contributed by atoms with Crippen LogP contribution >= 0.6 is 0 Å². The Bertz CT molecular complexity index is 1090. The van der Waals surface area contributed by atoms with E-state index in [1.807, 2.05) is 4.90 Å². The first kappa shape index (κ1) is 18.5. The number of anilines is 1. The number of halogens is 1. The number of aromatic nitrogens is 3. The van der Waals surface area contributed by atoms with E-state index in [-0.39, 0.29) is 5.91 Å². The number of hydrogen-bond donors (Lipinski definition) is 1. The van der Waals surface area contributed by atoms with Crippen LogP contribution in [-0.2, 0) is 17.5 Å². The highest BCUT2D eigenvalue weighted by atomic mass is 32.2. The van der Waals surface area contributed by atoms with Crippen LogP contribution in [0.5, 0.6) is 0 Å². The molecule has 0 radical (unpaired) electrons. The van der Waals surface area contributed by atoms with Gasteiger partial charge in [0.2, 0.25) is 0 Å². The van der Waals surface area contributed by atoms with E-state index < -0.39 is 16.8 Å². The number of nitrogens with zero attached hydrogens (tertiary/aromatic N) is 5. The largest absolute Gasteiger partial charge is 0.355 e. The fourth-order valence-corrected chi connectivity index (χ4v) is 3.99. The molecule has 1 aliphatic rings. The molecule has 1 amide bonds. The molecule has 0 spiro atoms. The van der Waals surface area contributed by atoms with Crippen LogP contribution in [0.2, 0.25) is 0 Å². The topological polar surface area (TPSA) is 82.8 Å². The summed E-state index contributed by atoms with van der Waals surface area (Å²) in [6.07, 6.45) is 3.24. The predicted molar refractivity (Wildman–Crippen MR) is 103 cm³/mol. The summed E-state index contributed by atoms with van der Waals surface area (Å²) in [5.41, 5.74) is 1.49. The van der Waals surface area contributed by atoms with Crippen molar-refractivity contribution < 1.29 is 13.4 Å². The van der Waals surface area contributed by atoms with Crippen molar-refractivity contribution >= 4 is 28.4 Å². The van der Waals surface area contributed by atoms with E-state index in [4.69, 9.17) is 0 Å². The molecule has 3 heterocycles. The van der Waals surface area contributed by atoms with Gasteiger partial charge in [0.15, 0.2) is 5.65 Å². The Morgan fingerprint density at radius 1 is 1.21 bits per heavy atom. The van der Waals surface area contributed by atoms with Crippen LogP contribution < -0.4 is 9.62 Å². The Morgan fingerprint density at radius 3 is 2.86 bits per heavy atom. The van der Waals surface area contributed by atoms with Crippen molar-refractivity contribution in [2.24, 2.45) is 0 Å². The second-order valence-electron chi connectivity index (χ2n) is 6.61. The van der Waals surface area contributed by atoms with Crippen molar-refractivity contribution in [3.8, 4) is 0 Å². The van der Waals surface area contributed by atoms with E-state index in [0.717, 1.165) is 0 Å². The van der Waals surface area contributed by atoms with Crippen LogP contribution in [-0.4, -0.2) is 56.8 Å². The first-order valence-electron chi connectivity index (χ1n) is 8.69. The molecular formula is C18H19FN6O2S. The maximum absolute atomic E-state index is 13.9. The first-order chi connectivity index (χ1) is 13.4. The first-order valence-corrected chi connectivity index (χ1v) is 9.83. The van der Waals surface area contributed by atoms with Gasteiger partial charge in [-0.05, 0) is 29.8 Å². The van der Waals surface area contributed by atoms with Gasteiger partial charge in [-0.1, -0.05) is 0 Å². The highest BCUT2D eigenvalue weighted by Crippen LogP contribution is 2.21. The molecule has 2 bridgehead atoms. The molecule has 28 heavy (non-hydrogen) atoms. The van der Waals surface area contributed by atoms with Crippen molar-refractivity contribution in [2.75, 3.05) is 32.1 Å². The second kappa shape index (κ2) is 7.28. The van der Waals surface area contributed by atoms with Crippen LogP contribution in [0.15, 0.2) is 41.6 Å². The number of rotatable bonds is 0. The summed E-state index contributed by atoms with van der Waals surface area (Å²) in [6, 6.07) is 5.92. The zero-order valence-corrected chi connectivity index (χ0v) is 16.2. The zero-order chi connectivity index (χ0) is 19.8. The summed E-state index contributed by atoms with van der Waals surface area (Å²) in [7, 11) is 1.96. The van der Waals surface area contributed by atoms with Gasteiger partial charge in [0.05, 0.1) is 6.20 Å². The van der Waals surface area contributed by atoms with Crippen molar-refractivity contribution in [1.29, 1.82) is 0 Å². The third kappa shape index (κ3) is 3.36. The lowest BCUT2D eigenvalue weighted by atomic mass is 10.1. The van der Waals surface area contributed by atoms with Crippen LogP contribution in [0.25, 0.3) is 5.65 Å². The van der Waals surface area contributed by atoms with Gasteiger partial charge in [0.25, 0.3) is 5.91 Å². The maximum atomic E-state index is 13.9. The number of amides is 1. The average molecular weight is 402 g/mol. The van der Waals surface area contributed by atoms with Gasteiger partial charge in [-0.3, -0.25) is 4.79 Å². The quantitative estimate of drug-likeness (QED) is 0.611. The zero-order valence-electron chi connectivity index (χ0n) is 15.4. The number of nitrogens with one attached hydrogen (secondary N) is 1. The van der Waals surface area contributed by atoms with Crippen molar-refractivity contribution in [1.82, 2.24) is 24.2 Å². The molecule has 4 rings (SSSR count). The third-order valence-electron chi connectivity index (χ3n) is 4.65.